The summed E-state index contributed by atoms with van der Waals surface area (Å²) < 4.78 is 13.5. The first-order valence-electron chi connectivity index (χ1n) is 5.57. The number of nitrogens with one attached hydrogen (secondary N) is 2. The molecule has 1 aliphatic heterocycles. The Kier molecular flexibility index (Phi) is 3.80. The summed E-state index contributed by atoms with van der Waals surface area (Å²) >= 11 is 5.75. The van der Waals surface area contributed by atoms with Crippen LogP contribution < -0.4 is 10.6 Å². The Morgan fingerprint density at radius 2 is 2.16 bits per heavy atom. The van der Waals surface area contributed by atoms with Gasteiger partial charge in [0, 0.05) is 6.42 Å². The summed E-state index contributed by atoms with van der Waals surface area (Å²) in [7, 11) is 0. The zero-order valence-corrected chi connectivity index (χ0v) is 10.5. The molecule has 0 saturated carbocycles. The van der Waals surface area contributed by atoms with Gasteiger partial charge in [0.2, 0.25) is 11.8 Å². The Hall–Kier alpha value is -1.95. The molecule has 0 radical (unpaired) electrons. The van der Waals surface area contributed by atoms with Crippen LogP contribution in [0.15, 0.2) is 18.2 Å². The summed E-state index contributed by atoms with van der Waals surface area (Å²) in [5.41, 5.74) is -0.311. The molecule has 1 atom stereocenters. The molecule has 1 aromatic carbocycles. The maximum Gasteiger partial charge on any atom is 0.256 e. The van der Waals surface area contributed by atoms with Gasteiger partial charge in [0.15, 0.2) is 0 Å². The second-order valence-electron chi connectivity index (χ2n) is 4.07. The number of carbonyl (C=O) groups is 3. The van der Waals surface area contributed by atoms with Crippen molar-refractivity contribution in [3.63, 3.8) is 0 Å². The molecular weight excluding hydrogens is 275 g/mol. The van der Waals surface area contributed by atoms with Gasteiger partial charge in [0.1, 0.15) is 11.9 Å². The minimum absolute atomic E-state index is 0.0372. The molecule has 0 bridgehead atoms. The van der Waals surface area contributed by atoms with E-state index in [1.807, 2.05) is 0 Å². The predicted molar refractivity (Wildman–Crippen MR) is 65.0 cm³/mol. The first-order chi connectivity index (χ1) is 8.99. The van der Waals surface area contributed by atoms with Crippen molar-refractivity contribution in [2.75, 3.05) is 0 Å². The van der Waals surface area contributed by atoms with Gasteiger partial charge < -0.3 is 5.32 Å². The van der Waals surface area contributed by atoms with Gasteiger partial charge in [-0.25, -0.2) is 4.39 Å². The molecule has 19 heavy (non-hydrogen) atoms. The Morgan fingerprint density at radius 1 is 1.42 bits per heavy atom. The van der Waals surface area contributed by atoms with Crippen LogP contribution >= 0.6 is 11.6 Å². The lowest BCUT2D eigenvalue weighted by Crippen LogP contribution is -2.52. The van der Waals surface area contributed by atoms with Crippen LogP contribution in [0.4, 0.5) is 4.39 Å². The molecule has 5 nitrogen and oxygen atoms in total. The maximum atomic E-state index is 13.5. The quantitative estimate of drug-likeness (QED) is 0.796. The predicted octanol–water partition coefficient (Wildman–Crippen LogP) is 1.01. The number of halogens is 2. The normalized spacial score (nSPS) is 18.9. The minimum Gasteiger partial charge on any atom is -0.340 e. The summed E-state index contributed by atoms with van der Waals surface area (Å²) in [6.45, 7) is 0. The van der Waals surface area contributed by atoms with Crippen molar-refractivity contribution >= 4 is 29.3 Å². The SMILES string of the molecule is O=C1CCC(NC(=O)c2c(F)cccc2Cl)C(=O)N1. The zero-order chi connectivity index (χ0) is 14.0. The fraction of sp³-hybridized carbons (Fsp3) is 0.250. The van der Waals surface area contributed by atoms with E-state index in [9.17, 15) is 18.8 Å². The number of benzene rings is 1. The van der Waals surface area contributed by atoms with Crippen molar-refractivity contribution in [2.45, 2.75) is 18.9 Å². The van der Waals surface area contributed by atoms with Gasteiger partial charge in [-0.05, 0) is 18.6 Å². The van der Waals surface area contributed by atoms with E-state index >= 15 is 0 Å². The van der Waals surface area contributed by atoms with Crippen LogP contribution in [0.3, 0.4) is 0 Å². The third kappa shape index (κ3) is 2.90. The molecule has 2 rings (SSSR count). The number of hydrogen-bond acceptors (Lipinski definition) is 3. The molecule has 3 amide bonds. The van der Waals surface area contributed by atoms with E-state index in [0.717, 1.165) is 6.07 Å². The van der Waals surface area contributed by atoms with Gasteiger partial charge in [-0.3, -0.25) is 19.7 Å². The van der Waals surface area contributed by atoms with Crippen molar-refractivity contribution < 1.29 is 18.8 Å². The van der Waals surface area contributed by atoms with Crippen molar-refractivity contribution in [3.05, 3.63) is 34.6 Å². The lowest BCUT2D eigenvalue weighted by Gasteiger charge is -2.22. The molecule has 1 heterocycles. The fourth-order valence-corrected chi connectivity index (χ4v) is 2.03. The molecule has 2 N–H and O–H groups in total. The van der Waals surface area contributed by atoms with Crippen LogP contribution in [0, 0.1) is 5.82 Å². The smallest absolute Gasteiger partial charge is 0.256 e. The largest absolute Gasteiger partial charge is 0.340 e. The lowest BCUT2D eigenvalue weighted by atomic mass is 10.1. The molecule has 0 aromatic heterocycles. The topological polar surface area (TPSA) is 75.3 Å². The Labute approximate surface area is 113 Å². The number of imide groups is 1. The van der Waals surface area contributed by atoms with Crippen molar-refractivity contribution in [3.8, 4) is 0 Å². The third-order valence-electron chi connectivity index (χ3n) is 2.73. The molecule has 7 heteroatoms. The first kappa shape index (κ1) is 13.5. The monoisotopic (exact) mass is 284 g/mol. The van der Waals surface area contributed by atoms with Crippen molar-refractivity contribution in [1.82, 2.24) is 10.6 Å². The molecule has 100 valence electrons. The van der Waals surface area contributed by atoms with Crippen molar-refractivity contribution in [2.24, 2.45) is 0 Å². The molecule has 1 aromatic rings. The van der Waals surface area contributed by atoms with Gasteiger partial charge in [0.25, 0.3) is 5.91 Å². The van der Waals surface area contributed by atoms with Gasteiger partial charge in [-0.2, -0.15) is 0 Å². The Balaban J connectivity index is 2.13. The summed E-state index contributed by atoms with van der Waals surface area (Å²) in [4.78, 5) is 34.3. The van der Waals surface area contributed by atoms with Gasteiger partial charge >= 0.3 is 0 Å². The van der Waals surface area contributed by atoms with Gasteiger partial charge in [-0.1, -0.05) is 17.7 Å². The fourth-order valence-electron chi connectivity index (χ4n) is 1.78. The number of hydrogen-bond donors (Lipinski definition) is 2. The van der Waals surface area contributed by atoms with Crippen LogP contribution in [-0.4, -0.2) is 23.8 Å². The summed E-state index contributed by atoms with van der Waals surface area (Å²) in [5, 5.41) is 4.42. The number of rotatable bonds is 2. The molecular formula is C12H10ClFN2O3. The third-order valence-corrected chi connectivity index (χ3v) is 3.05. The summed E-state index contributed by atoms with van der Waals surface area (Å²) in [6, 6.07) is 3.00. The van der Waals surface area contributed by atoms with E-state index in [2.05, 4.69) is 10.6 Å². The molecule has 1 fully saturated rings. The highest BCUT2D eigenvalue weighted by Crippen LogP contribution is 2.19. The van der Waals surface area contributed by atoms with Crippen LogP contribution in [-0.2, 0) is 9.59 Å². The standard InChI is InChI=1S/C12H10ClFN2O3/c13-6-2-1-3-7(14)10(6)12(19)15-8-4-5-9(17)16-11(8)18/h1-3,8H,4-5H2,(H,15,19)(H,16,17,18). The maximum absolute atomic E-state index is 13.5. The van der Waals surface area contributed by atoms with E-state index < -0.39 is 23.7 Å². The van der Waals surface area contributed by atoms with Crippen LogP contribution in [0.1, 0.15) is 23.2 Å². The molecule has 1 aliphatic rings. The van der Waals surface area contributed by atoms with E-state index in [1.54, 1.807) is 0 Å². The van der Waals surface area contributed by atoms with Crippen LogP contribution in [0.5, 0.6) is 0 Å². The van der Waals surface area contributed by atoms with E-state index in [0.29, 0.717) is 0 Å². The molecule has 0 aliphatic carbocycles. The highest BCUT2D eigenvalue weighted by atomic mass is 35.5. The second kappa shape index (κ2) is 5.36. The average molecular weight is 285 g/mol. The van der Waals surface area contributed by atoms with Crippen LogP contribution in [0.2, 0.25) is 5.02 Å². The van der Waals surface area contributed by atoms with Crippen molar-refractivity contribution in [1.29, 1.82) is 0 Å². The van der Waals surface area contributed by atoms with Gasteiger partial charge in [0.05, 0.1) is 10.6 Å². The van der Waals surface area contributed by atoms with E-state index in [1.165, 1.54) is 12.1 Å². The first-order valence-corrected chi connectivity index (χ1v) is 5.95. The van der Waals surface area contributed by atoms with Crippen LogP contribution in [0.25, 0.3) is 0 Å². The molecule has 0 spiro atoms. The Morgan fingerprint density at radius 3 is 2.79 bits per heavy atom. The highest BCUT2D eigenvalue weighted by Gasteiger charge is 2.29. The number of carbonyl (C=O) groups excluding carboxylic acids is 3. The van der Waals surface area contributed by atoms with E-state index in [4.69, 9.17) is 11.6 Å². The average Bonchev–Trinajstić information content (AvgIpc) is 2.32. The molecule has 1 saturated heterocycles. The molecule has 1 unspecified atom stereocenters. The van der Waals surface area contributed by atoms with E-state index in [-0.39, 0.29) is 29.3 Å². The van der Waals surface area contributed by atoms with Gasteiger partial charge in [-0.15, -0.1) is 0 Å². The Bertz CT molecular complexity index is 542. The summed E-state index contributed by atoms with van der Waals surface area (Å²) in [5.74, 6) is -2.54. The number of amides is 3. The second-order valence-corrected chi connectivity index (χ2v) is 4.48. The zero-order valence-electron chi connectivity index (χ0n) is 9.70. The lowest BCUT2D eigenvalue weighted by molar-refractivity contribution is -0.134. The minimum atomic E-state index is -0.860. The highest BCUT2D eigenvalue weighted by molar-refractivity contribution is 6.33. The number of piperidine rings is 1. The summed E-state index contributed by atoms with van der Waals surface area (Å²) in [6.07, 6.45) is 0.310.